The van der Waals surface area contributed by atoms with Crippen LogP contribution in [0.5, 0.6) is 11.6 Å². The standard InChI is InChI=1S/C44H44F3N3O6/c1-30(53-41(51)33-14-6-2-7-15-33)54-42(52)39-40(55-37-26-22-31(23-27-37)32-24-28-38(29-25-32)56-44(45,46)47)48-49-50(39)43(34-16-8-3-9-17-34,35-18-10-4-11-19-35)36-20-12-5-13-21-36/h3-5,8-13,16-21,24-25,28-31,33,37H,2,6-7,14-15,22-23,26-27H2,1H3. The van der Waals surface area contributed by atoms with Gasteiger partial charge in [-0.3, -0.25) is 4.79 Å². The first-order valence-corrected chi connectivity index (χ1v) is 19.2. The summed E-state index contributed by atoms with van der Waals surface area (Å²) in [6, 6.07) is 35.0. The molecule has 9 nitrogen and oxygen atoms in total. The molecule has 2 aliphatic carbocycles. The number of benzene rings is 4. The number of ether oxygens (including phenoxy) is 4. The van der Waals surface area contributed by atoms with E-state index in [0.717, 1.165) is 54.4 Å². The van der Waals surface area contributed by atoms with Gasteiger partial charge < -0.3 is 18.9 Å². The number of carbonyl (C=O) groups excluding carboxylic acids is 2. The van der Waals surface area contributed by atoms with Gasteiger partial charge in [0.05, 0.1) is 5.92 Å². The Morgan fingerprint density at radius 3 is 1.75 bits per heavy atom. The third kappa shape index (κ3) is 8.59. The van der Waals surface area contributed by atoms with Crippen molar-refractivity contribution in [3.05, 3.63) is 143 Å². The summed E-state index contributed by atoms with van der Waals surface area (Å²) in [6.07, 6.45) is 0.697. The first kappa shape index (κ1) is 38.6. The number of esters is 2. The Morgan fingerprint density at radius 1 is 0.696 bits per heavy atom. The lowest BCUT2D eigenvalue weighted by Crippen LogP contribution is -2.41. The van der Waals surface area contributed by atoms with E-state index in [1.807, 2.05) is 91.0 Å². The Hall–Kier alpha value is -5.65. The maximum Gasteiger partial charge on any atom is 0.573 e. The molecule has 56 heavy (non-hydrogen) atoms. The van der Waals surface area contributed by atoms with E-state index < -0.39 is 24.2 Å². The second-order valence-electron chi connectivity index (χ2n) is 14.4. The van der Waals surface area contributed by atoms with E-state index in [1.165, 1.54) is 19.1 Å². The van der Waals surface area contributed by atoms with Crippen LogP contribution >= 0.6 is 0 Å². The van der Waals surface area contributed by atoms with Crippen molar-refractivity contribution in [2.45, 2.75) is 94.9 Å². The predicted octanol–water partition coefficient (Wildman–Crippen LogP) is 9.75. The van der Waals surface area contributed by atoms with Gasteiger partial charge >= 0.3 is 18.3 Å². The van der Waals surface area contributed by atoms with Crippen molar-refractivity contribution in [2.24, 2.45) is 5.92 Å². The fourth-order valence-electron chi connectivity index (χ4n) is 8.10. The highest BCUT2D eigenvalue weighted by molar-refractivity contribution is 5.90. The third-order valence-corrected chi connectivity index (χ3v) is 10.8. The fraction of sp³-hybridized carbons (Fsp3) is 0.364. The van der Waals surface area contributed by atoms with Crippen molar-refractivity contribution < 1.29 is 41.7 Å². The van der Waals surface area contributed by atoms with Gasteiger partial charge in [-0.05, 0) is 78.8 Å². The number of nitrogens with zero attached hydrogens (tertiary/aromatic N) is 3. The Kier molecular flexibility index (Phi) is 11.7. The van der Waals surface area contributed by atoms with Crippen LogP contribution in [0, 0.1) is 5.92 Å². The molecule has 1 unspecified atom stereocenters. The van der Waals surface area contributed by atoms with Gasteiger partial charge in [0.1, 0.15) is 17.4 Å². The van der Waals surface area contributed by atoms with Crippen molar-refractivity contribution >= 4 is 11.9 Å². The lowest BCUT2D eigenvalue weighted by molar-refractivity contribution is -0.274. The Labute approximate surface area is 323 Å². The largest absolute Gasteiger partial charge is 0.573 e. The molecule has 0 amide bonds. The Bertz CT molecular complexity index is 1950. The normalized spacial score (nSPS) is 18.4. The Morgan fingerprint density at radius 2 is 1.23 bits per heavy atom. The number of halogens is 3. The quantitative estimate of drug-likeness (QED) is 0.0703. The van der Waals surface area contributed by atoms with Crippen LogP contribution in [-0.4, -0.2) is 45.7 Å². The summed E-state index contributed by atoms with van der Waals surface area (Å²) >= 11 is 0. The van der Waals surface area contributed by atoms with E-state index in [0.29, 0.717) is 25.7 Å². The summed E-state index contributed by atoms with van der Waals surface area (Å²) < 4.78 is 61.9. The van der Waals surface area contributed by atoms with E-state index >= 15 is 0 Å². The molecule has 2 saturated carbocycles. The topological polar surface area (TPSA) is 102 Å². The van der Waals surface area contributed by atoms with Gasteiger partial charge in [0.15, 0.2) is 0 Å². The number of carbonyl (C=O) groups is 2. The molecule has 2 fully saturated rings. The van der Waals surface area contributed by atoms with Crippen LogP contribution in [0.15, 0.2) is 115 Å². The molecule has 1 heterocycles. The maximum atomic E-state index is 14.6. The summed E-state index contributed by atoms with van der Waals surface area (Å²) in [5, 5.41) is 9.19. The fourth-order valence-corrected chi connectivity index (χ4v) is 8.10. The van der Waals surface area contributed by atoms with E-state index in [4.69, 9.17) is 14.2 Å². The molecule has 0 radical (unpaired) electrons. The van der Waals surface area contributed by atoms with Crippen molar-refractivity contribution in [3.63, 3.8) is 0 Å². The molecule has 0 bridgehead atoms. The van der Waals surface area contributed by atoms with Crippen LogP contribution in [-0.2, 0) is 19.8 Å². The smallest absolute Gasteiger partial charge is 0.472 e. The molecule has 1 aromatic heterocycles. The maximum absolute atomic E-state index is 14.6. The molecule has 7 rings (SSSR count). The van der Waals surface area contributed by atoms with Gasteiger partial charge in [-0.15, -0.1) is 13.2 Å². The summed E-state index contributed by atoms with van der Waals surface area (Å²) in [4.78, 5) is 27.6. The van der Waals surface area contributed by atoms with Crippen molar-refractivity contribution in [1.29, 1.82) is 0 Å². The van der Waals surface area contributed by atoms with Gasteiger partial charge in [-0.1, -0.05) is 133 Å². The van der Waals surface area contributed by atoms with Crippen LogP contribution in [0.1, 0.15) is 103 Å². The minimum Gasteiger partial charge on any atom is -0.472 e. The molecule has 0 spiro atoms. The lowest BCUT2D eigenvalue weighted by Gasteiger charge is -2.36. The number of aromatic nitrogens is 3. The zero-order chi connectivity index (χ0) is 39.1. The minimum atomic E-state index is -4.76. The monoisotopic (exact) mass is 767 g/mol. The van der Waals surface area contributed by atoms with Crippen molar-refractivity contribution in [2.75, 3.05) is 0 Å². The number of hydrogen-bond acceptors (Lipinski definition) is 8. The van der Waals surface area contributed by atoms with Crippen LogP contribution in [0.2, 0.25) is 0 Å². The van der Waals surface area contributed by atoms with Crippen LogP contribution < -0.4 is 9.47 Å². The minimum absolute atomic E-state index is 0.0231. The van der Waals surface area contributed by atoms with Gasteiger partial charge in [0, 0.05) is 6.92 Å². The second kappa shape index (κ2) is 17.0. The highest BCUT2D eigenvalue weighted by atomic mass is 19.4. The first-order chi connectivity index (χ1) is 27.1. The average molecular weight is 768 g/mol. The second-order valence-corrected chi connectivity index (χ2v) is 14.4. The van der Waals surface area contributed by atoms with Crippen LogP contribution in [0.4, 0.5) is 13.2 Å². The zero-order valence-electron chi connectivity index (χ0n) is 31.1. The summed E-state index contributed by atoms with van der Waals surface area (Å²) in [5.74, 6) is -1.65. The molecular weight excluding hydrogens is 723 g/mol. The molecule has 1 atom stereocenters. The van der Waals surface area contributed by atoms with Crippen LogP contribution in [0.25, 0.3) is 0 Å². The Balaban J connectivity index is 1.23. The lowest BCUT2D eigenvalue weighted by atomic mass is 9.77. The molecule has 0 saturated heterocycles. The highest BCUT2D eigenvalue weighted by Crippen LogP contribution is 2.43. The molecule has 2 aliphatic rings. The molecule has 4 aromatic carbocycles. The molecule has 12 heteroatoms. The van der Waals surface area contributed by atoms with E-state index in [1.54, 1.807) is 16.8 Å². The van der Waals surface area contributed by atoms with Gasteiger partial charge in [0.2, 0.25) is 12.0 Å². The summed E-state index contributed by atoms with van der Waals surface area (Å²) in [5.41, 5.74) is 2.02. The third-order valence-electron chi connectivity index (χ3n) is 10.8. The molecular formula is C44H44F3N3O6. The zero-order valence-corrected chi connectivity index (χ0v) is 31.1. The molecule has 292 valence electrons. The molecule has 5 aromatic rings. The van der Waals surface area contributed by atoms with Crippen LogP contribution in [0.3, 0.4) is 0 Å². The summed E-state index contributed by atoms with van der Waals surface area (Å²) in [7, 11) is 0. The van der Waals surface area contributed by atoms with E-state index in [-0.39, 0.29) is 41.2 Å². The van der Waals surface area contributed by atoms with E-state index in [2.05, 4.69) is 15.0 Å². The highest BCUT2D eigenvalue weighted by Gasteiger charge is 2.45. The van der Waals surface area contributed by atoms with E-state index in [9.17, 15) is 22.8 Å². The number of rotatable bonds is 12. The van der Waals surface area contributed by atoms with Gasteiger partial charge in [0.25, 0.3) is 5.88 Å². The van der Waals surface area contributed by atoms with Gasteiger partial charge in [-0.25, -0.2) is 9.48 Å². The average Bonchev–Trinajstić information content (AvgIpc) is 3.63. The summed E-state index contributed by atoms with van der Waals surface area (Å²) in [6.45, 7) is 1.52. The molecule has 0 N–H and O–H groups in total. The van der Waals surface area contributed by atoms with Crippen molar-refractivity contribution in [3.8, 4) is 11.6 Å². The SMILES string of the molecule is CC(OC(=O)c1c(OC2CCC(c3ccc(OC(F)(F)F)cc3)CC2)nnn1C(c1ccccc1)(c1ccccc1)c1ccccc1)OC(=O)C1CCCCC1. The predicted molar refractivity (Wildman–Crippen MR) is 201 cm³/mol. The number of hydrogen-bond donors (Lipinski definition) is 0. The number of alkyl halides is 3. The first-order valence-electron chi connectivity index (χ1n) is 19.2. The van der Waals surface area contributed by atoms with Gasteiger partial charge in [-0.2, -0.15) is 0 Å². The van der Waals surface area contributed by atoms with Crippen molar-refractivity contribution in [1.82, 2.24) is 15.0 Å². The molecule has 0 aliphatic heterocycles.